The van der Waals surface area contributed by atoms with Crippen LogP contribution in [0, 0.1) is 0 Å². The van der Waals surface area contributed by atoms with Crippen molar-refractivity contribution in [3.8, 4) is 11.1 Å². The molecule has 0 aliphatic carbocycles. The lowest BCUT2D eigenvalue weighted by atomic mass is 9.78. The van der Waals surface area contributed by atoms with Gasteiger partial charge in [-0.3, -0.25) is 0 Å². The second-order valence-electron chi connectivity index (χ2n) is 9.81. The van der Waals surface area contributed by atoms with Gasteiger partial charge in [-0.15, -0.1) is 0 Å². The summed E-state index contributed by atoms with van der Waals surface area (Å²) >= 11 is 0. The van der Waals surface area contributed by atoms with Crippen molar-refractivity contribution in [1.82, 2.24) is 0 Å². The molecule has 0 saturated carbocycles. The van der Waals surface area contributed by atoms with Gasteiger partial charge in [-0.05, 0) is 71.3 Å². The molecule has 0 radical (unpaired) electrons. The third kappa shape index (κ3) is 2.83. The third-order valence-corrected chi connectivity index (χ3v) is 6.72. The first-order chi connectivity index (χ1) is 15.5. The maximum absolute atomic E-state index is 2.37. The van der Waals surface area contributed by atoms with Gasteiger partial charge in [-0.2, -0.15) is 0 Å². The van der Waals surface area contributed by atoms with E-state index in [1.165, 1.54) is 59.8 Å². The van der Waals surface area contributed by atoms with Crippen LogP contribution in [-0.2, 0) is 5.41 Å². The number of rotatable bonds is 1. The van der Waals surface area contributed by atoms with Crippen LogP contribution in [0.15, 0.2) is 103 Å². The molecule has 0 amide bonds. The van der Waals surface area contributed by atoms with Crippen LogP contribution < -0.4 is 0 Å². The van der Waals surface area contributed by atoms with Crippen LogP contribution in [0.3, 0.4) is 0 Å². The molecule has 0 nitrogen and oxygen atoms in total. The highest BCUT2D eigenvalue weighted by Gasteiger charge is 2.23. The zero-order valence-electron chi connectivity index (χ0n) is 18.8. The molecule has 6 aromatic rings. The van der Waals surface area contributed by atoms with Gasteiger partial charge in [0, 0.05) is 0 Å². The van der Waals surface area contributed by atoms with E-state index in [9.17, 15) is 0 Å². The summed E-state index contributed by atoms with van der Waals surface area (Å²) in [5.74, 6) is 0. The molecule has 0 unspecified atom stereocenters. The second-order valence-corrected chi connectivity index (χ2v) is 9.81. The highest BCUT2D eigenvalue weighted by Crippen LogP contribution is 2.44. The monoisotopic (exact) mass is 410 g/mol. The van der Waals surface area contributed by atoms with E-state index in [-0.39, 0.29) is 5.41 Å². The molecule has 6 rings (SSSR count). The van der Waals surface area contributed by atoms with Crippen molar-refractivity contribution in [2.75, 3.05) is 0 Å². The van der Waals surface area contributed by atoms with Gasteiger partial charge in [-0.25, -0.2) is 0 Å². The number of hydrogen-bond acceptors (Lipinski definition) is 0. The Morgan fingerprint density at radius 1 is 0.438 bits per heavy atom. The molecule has 0 heterocycles. The fourth-order valence-corrected chi connectivity index (χ4v) is 5.42. The summed E-state index contributed by atoms with van der Waals surface area (Å²) in [5.41, 5.74) is 4.10. The standard InChI is InChI=1S/C32H26/c1-32(2,3)31-28-14-8-6-12-26(28)30(27-13-7-9-15-29(27)31)23-18-19-25-22(20-23)17-16-21-10-4-5-11-24(21)25/h4-20H,1-3H3. The Balaban J connectivity index is 1.74. The minimum atomic E-state index is 0.0556. The molecule has 0 aromatic heterocycles. The molecule has 0 saturated heterocycles. The largest absolute Gasteiger partial charge is 0.0616 e. The summed E-state index contributed by atoms with van der Waals surface area (Å²) in [6.07, 6.45) is 0. The van der Waals surface area contributed by atoms with E-state index in [1.807, 2.05) is 0 Å². The Kier molecular flexibility index (Phi) is 4.13. The quantitative estimate of drug-likeness (QED) is 0.187. The Bertz CT molecular complexity index is 1590. The van der Waals surface area contributed by atoms with E-state index >= 15 is 0 Å². The first-order valence-corrected chi connectivity index (χ1v) is 11.4. The van der Waals surface area contributed by atoms with Gasteiger partial charge in [0.05, 0.1) is 0 Å². The minimum Gasteiger partial charge on any atom is -0.0616 e. The molecule has 6 aromatic carbocycles. The summed E-state index contributed by atoms with van der Waals surface area (Å²) in [6.45, 7) is 6.96. The van der Waals surface area contributed by atoms with Crippen LogP contribution in [0.2, 0.25) is 0 Å². The van der Waals surface area contributed by atoms with Crippen LogP contribution in [0.1, 0.15) is 26.3 Å². The van der Waals surface area contributed by atoms with Crippen LogP contribution in [0.25, 0.3) is 54.2 Å². The SMILES string of the molecule is CC(C)(C)c1c2ccccc2c(-c2ccc3c(ccc4ccccc43)c2)c2ccccc12. The molecule has 0 spiro atoms. The second kappa shape index (κ2) is 6.93. The van der Waals surface area contributed by atoms with Crippen molar-refractivity contribution in [2.24, 2.45) is 0 Å². The van der Waals surface area contributed by atoms with Gasteiger partial charge in [0.2, 0.25) is 0 Å². The molecule has 0 bridgehead atoms. The molecule has 0 fully saturated rings. The summed E-state index contributed by atoms with van der Waals surface area (Å²) in [5, 5.41) is 10.6. The molecule has 0 heteroatoms. The molecule has 154 valence electrons. The topological polar surface area (TPSA) is 0 Å². The van der Waals surface area contributed by atoms with Gasteiger partial charge in [0.15, 0.2) is 0 Å². The van der Waals surface area contributed by atoms with E-state index in [1.54, 1.807) is 0 Å². The van der Waals surface area contributed by atoms with Crippen LogP contribution in [-0.4, -0.2) is 0 Å². The number of hydrogen-bond donors (Lipinski definition) is 0. The molecule has 0 aliphatic heterocycles. The van der Waals surface area contributed by atoms with Crippen molar-refractivity contribution in [1.29, 1.82) is 0 Å². The lowest BCUT2D eigenvalue weighted by Gasteiger charge is -2.26. The van der Waals surface area contributed by atoms with Gasteiger partial charge in [-0.1, -0.05) is 118 Å². The number of fused-ring (bicyclic) bond motifs is 5. The van der Waals surface area contributed by atoms with Crippen LogP contribution in [0.4, 0.5) is 0 Å². The third-order valence-electron chi connectivity index (χ3n) is 6.72. The first kappa shape index (κ1) is 19.1. The van der Waals surface area contributed by atoms with Gasteiger partial charge in [0.25, 0.3) is 0 Å². The molecular formula is C32H26. The Morgan fingerprint density at radius 2 is 0.938 bits per heavy atom. The maximum atomic E-state index is 2.37. The highest BCUT2D eigenvalue weighted by atomic mass is 14.3. The molecule has 0 N–H and O–H groups in total. The Labute approximate surface area is 189 Å². The Hall–Kier alpha value is -3.64. The highest BCUT2D eigenvalue weighted by molar-refractivity contribution is 6.17. The lowest BCUT2D eigenvalue weighted by molar-refractivity contribution is 0.601. The lowest BCUT2D eigenvalue weighted by Crippen LogP contribution is -2.13. The first-order valence-electron chi connectivity index (χ1n) is 11.4. The fourth-order valence-electron chi connectivity index (χ4n) is 5.42. The predicted molar refractivity (Wildman–Crippen MR) is 141 cm³/mol. The van der Waals surface area contributed by atoms with Crippen molar-refractivity contribution < 1.29 is 0 Å². The van der Waals surface area contributed by atoms with Crippen molar-refractivity contribution in [3.05, 3.63) is 109 Å². The van der Waals surface area contributed by atoms with E-state index < -0.39 is 0 Å². The average Bonchev–Trinajstić information content (AvgIpc) is 2.81. The van der Waals surface area contributed by atoms with Crippen LogP contribution >= 0.6 is 0 Å². The smallest absolute Gasteiger partial charge is 0.00264 e. The van der Waals surface area contributed by atoms with Gasteiger partial charge >= 0.3 is 0 Å². The summed E-state index contributed by atoms with van der Waals surface area (Å²) in [7, 11) is 0. The molecule has 32 heavy (non-hydrogen) atoms. The Morgan fingerprint density at radius 3 is 1.56 bits per heavy atom. The normalized spacial score (nSPS) is 12.2. The zero-order chi connectivity index (χ0) is 21.9. The van der Waals surface area contributed by atoms with E-state index in [0.717, 1.165) is 0 Å². The summed E-state index contributed by atoms with van der Waals surface area (Å²) in [4.78, 5) is 0. The summed E-state index contributed by atoms with van der Waals surface area (Å²) in [6, 6.07) is 38.0. The van der Waals surface area contributed by atoms with Crippen molar-refractivity contribution >= 4 is 43.1 Å². The molecule has 0 atom stereocenters. The average molecular weight is 411 g/mol. The minimum absolute atomic E-state index is 0.0556. The fraction of sp³-hybridized carbons (Fsp3) is 0.125. The van der Waals surface area contributed by atoms with E-state index in [2.05, 4.69) is 124 Å². The maximum Gasteiger partial charge on any atom is -0.00264 e. The van der Waals surface area contributed by atoms with Crippen molar-refractivity contribution in [3.63, 3.8) is 0 Å². The van der Waals surface area contributed by atoms with Gasteiger partial charge in [0.1, 0.15) is 0 Å². The van der Waals surface area contributed by atoms with E-state index in [0.29, 0.717) is 0 Å². The zero-order valence-corrected chi connectivity index (χ0v) is 18.8. The predicted octanol–water partition coefficient (Wildman–Crippen LogP) is 9.26. The van der Waals surface area contributed by atoms with Crippen molar-refractivity contribution in [2.45, 2.75) is 26.2 Å². The van der Waals surface area contributed by atoms with Gasteiger partial charge < -0.3 is 0 Å². The molecular weight excluding hydrogens is 384 g/mol. The van der Waals surface area contributed by atoms with Crippen LogP contribution in [0.5, 0.6) is 0 Å². The molecule has 0 aliphatic rings. The summed E-state index contributed by atoms with van der Waals surface area (Å²) < 4.78 is 0. The number of benzene rings is 6. The van der Waals surface area contributed by atoms with E-state index in [4.69, 9.17) is 0 Å².